The summed E-state index contributed by atoms with van der Waals surface area (Å²) in [7, 11) is 0. The van der Waals surface area contributed by atoms with Crippen molar-refractivity contribution in [3.05, 3.63) is 29.3 Å². The van der Waals surface area contributed by atoms with Gasteiger partial charge in [-0.15, -0.1) is 11.3 Å². The molecule has 0 fully saturated rings. The quantitative estimate of drug-likeness (QED) is 0.726. The van der Waals surface area contributed by atoms with Crippen LogP contribution >= 0.6 is 23.1 Å². The van der Waals surface area contributed by atoms with Gasteiger partial charge in [-0.25, -0.2) is 4.98 Å². The third-order valence-electron chi connectivity index (χ3n) is 1.84. The maximum atomic E-state index is 10.7. The number of carbonyl (C=O) groups is 1. The molecule has 2 nitrogen and oxygen atoms in total. The molecule has 1 aromatic heterocycles. The number of thiazole rings is 1. The largest absolute Gasteiger partial charge is 0.288 e. The summed E-state index contributed by atoms with van der Waals surface area (Å²) in [5.41, 5.74) is 0.982. The van der Waals surface area contributed by atoms with Crippen LogP contribution in [0.25, 0.3) is 10.2 Å². The number of para-hydroxylation sites is 1. The van der Waals surface area contributed by atoms with Crippen molar-refractivity contribution in [3.63, 3.8) is 0 Å². The van der Waals surface area contributed by atoms with Gasteiger partial charge in [-0.1, -0.05) is 29.8 Å². The standard InChI is InChI=1S/C12H9NOS2/c1-9(14)15-8-4-7-12-13-10-5-2-3-6-11(10)16-12/h2-3,5-6H,8H2,1H3. The Hall–Kier alpha value is -1.31. The fraction of sp³-hybridized carbons (Fsp3) is 0.167. The Morgan fingerprint density at radius 2 is 2.31 bits per heavy atom. The van der Waals surface area contributed by atoms with Crippen molar-refractivity contribution in [2.75, 3.05) is 5.75 Å². The van der Waals surface area contributed by atoms with Crippen molar-refractivity contribution in [1.29, 1.82) is 0 Å². The lowest BCUT2D eigenvalue weighted by atomic mass is 10.3. The highest BCUT2D eigenvalue weighted by molar-refractivity contribution is 8.13. The number of hydrogen-bond acceptors (Lipinski definition) is 4. The van der Waals surface area contributed by atoms with Gasteiger partial charge in [0.15, 0.2) is 10.1 Å². The van der Waals surface area contributed by atoms with Gasteiger partial charge in [0.25, 0.3) is 0 Å². The van der Waals surface area contributed by atoms with Crippen LogP contribution in [0, 0.1) is 11.8 Å². The first kappa shape index (κ1) is 11.2. The van der Waals surface area contributed by atoms with Crippen molar-refractivity contribution in [3.8, 4) is 11.8 Å². The van der Waals surface area contributed by atoms with E-state index < -0.39 is 0 Å². The highest BCUT2D eigenvalue weighted by atomic mass is 32.2. The Morgan fingerprint density at radius 1 is 1.50 bits per heavy atom. The molecule has 16 heavy (non-hydrogen) atoms. The highest BCUT2D eigenvalue weighted by Crippen LogP contribution is 2.20. The van der Waals surface area contributed by atoms with Crippen LogP contribution in [0.3, 0.4) is 0 Å². The lowest BCUT2D eigenvalue weighted by Gasteiger charge is -1.83. The van der Waals surface area contributed by atoms with Crippen molar-refractivity contribution >= 4 is 38.4 Å². The zero-order valence-electron chi connectivity index (χ0n) is 8.69. The van der Waals surface area contributed by atoms with Crippen LogP contribution in [0.4, 0.5) is 0 Å². The minimum atomic E-state index is 0.0959. The summed E-state index contributed by atoms with van der Waals surface area (Å²) < 4.78 is 1.14. The third kappa shape index (κ3) is 2.84. The van der Waals surface area contributed by atoms with Gasteiger partial charge in [0, 0.05) is 6.92 Å². The number of rotatable bonds is 1. The van der Waals surface area contributed by atoms with Crippen LogP contribution < -0.4 is 0 Å². The molecule has 0 N–H and O–H groups in total. The molecule has 80 valence electrons. The summed E-state index contributed by atoms with van der Waals surface area (Å²) in [5, 5.41) is 0.906. The smallest absolute Gasteiger partial charge is 0.186 e. The van der Waals surface area contributed by atoms with Gasteiger partial charge >= 0.3 is 0 Å². The molecule has 0 spiro atoms. The molecule has 0 unspecified atom stereocenters. The van der Waals surface area contributed by atoms with Gasteiger partial charge in [0.05, 0.1) is 16.0 Å². The van der Waals surface area contributed by atoms with E-state index in [9.17, 15) is 4.79 Å². The average Bonchev–Trinajstić information content (AvgIpc) is 2.66. The molecule has 1 aromatic carbocycles. The highest BCUT2D eigenvalue weighted by Gasteiger charge is 1.98. The van der Waals surface area contributed by atoms with E-state index >= 15 is 0 Å². The third-order valence-corrected chi connectivity index (χ3v) is 3.48. The maximum Gasteiger partial charge on any atom is 0.186 e. The number of carbonyl (C=O) groups excluding carboxylic acids is 1. The number of aromatic nitrogens is 1. The first-order valence-electron chi connectivity index (χ1n) is 4.73. The van der Waals surface area contributed by atoms with Crippen molar-refractivity contribution in [2.24, 2.45) is 0 Å². The first-order valence-corrected chi connectivity index (χ1v) is 6.54. The van der Waals surface area contributed by atoms with E-state index in [1.165, 1.54) is 11.8 Å². The molecule has 2 aromatic rings. The predicted molar refractivity (Wildman–Crippen MR) is 69.6 cm³/mol. The summed E-state index contributed by atoms with van der Waals surface area (Å²) in [5.74, 6) is 6.44. The van der Waals surface area contributed by atoms with Gasteiger partial charge in [0.1, 0.15) is 0 Å². The Morgan fingerprint density at radius 3 is 3.06 bits per heavy atom. The Kier molecular flexibility index (Phi) is 3.60. The van der Waals surface area contributed by atoms with Gasteiger partial charge in [0.2, 0.25) is 0 Å². The van der Waals surface area contributed by atoms with E-state index in [4.69, 9.17) is 0 Å². The molecule has 0 aliphatic heterocycles. The van der Waals surface area contributed by atoms with Crippen molar-refractivity contribution in [2.45, 2.75) is 6.92 Å². The fourth-order valence-corrected chi connectivity index (χ4v) is 2.36. The zero-order chi connectivity index (χ0) is 11.4. The Balaban J connectivity index is 2.12. The Labute approximate surface area is 102 Å². The van der Waals surface area contributed by atoms with E-state index in [0.717, 1.165) is 15.2 Å². The van der Waals surface area contributed by atoms with Crippen LogP contribution in [0.2, 0.25) is 0 Å². The van der Waals surface area contributed by atoms with Gasteiger partial charge in [-0.05, 0) is 18.1 Å². The number of benzene rings is 1. The predicted octanol–water partition coefficient (Wildman–Crippen LogP) is 2.93. The second-order valence-corrected chi connectivity index (χ2v) is 5.25. The molecule has 0 saturated heterocycles. The molecule has 0 radical (unpaired) electrons. The molecule has 0 atom stereocenters. The van der Waals surface area contributed by atoms with Crippen molar-refractivity contribution < 1.29 is 4.79 Å². The summed E-state index contributed by atoms with van der Waals surface area (Å²) >= 11 is 2.80. The second kappa shape index (κ2) is 5.15. The van der Waals surface area contributed by atoms with E-state index in [1.807, 2.05) is 24.3 Å². The molecule has 2 rings (SSSR count). The molecule has 0 amide bonds. The van der Waals surface area contributed by atoms with Crippen LogP contribution in [0.1, 0.15) is 11.9 Å². The van der Waals surface area contributed by atoms with Crippen LogP contribution in [0.5, 0.6) is 0 Å². The number of nitrogens with zero attached hydrogens (tertiary/aromatic N) is 1. The molecule has 0 aliphatic carbocycles. The van der Waals surface area contributed by atoms with Crippen LogP contribution in [-0.4, -0.2) is 15.9 Å². The molecule has 1 heterocycles. The molecule has 0 aliphatic rings. The minimum Gasteiger partial charge on any atom is -0.288 e. The van der Waals surface area contributed by atoms with E-state index in [0.29, 0.717) is 5.75 Å². The summed E-state index contributed by atoms with van der Waals surface area (Å²) in [4.78, 5) is 15.1. The lowest BCUT2D eigenvalue weighted by Crippen LogP contribution is -1.82. The fourth-order valence-electron chi connectivity index (χ4n) is 1.18. The van der Waals surface area contributed by atoms with Gasteiger partial charge < -0.3 is 0 Å². The molecular formula is C12H9NOS2. The molecule has 0 bridgehead atoms. The normalized spacial score (nSPS) is 9.81. The monoisotopic (exact) mass is 247 g/mol. The Bertz CT molecular complexity index is 544. The number of hydrogen-bond donors (Lipinski definition) is 0. The van der Waals surface area contributed by atoms with Crippen molar-refractivity contribution in [1.82, 2.24) is 4.98 Å². The second-order valence-electron chi connectivity index (χ2n) is 3.07. The number of fused-ring (bicyclic) bond motifs is 1. The number of thioether (sulfide) groups is 1. The topological polar surface area (TPSA) is 30.0 Å². The molecule has 0 saturated carbocycles. The van der Waals surface area contributed by atoms with E-state index in [1.54, 1.807) is 18.3 Å². The first-order chi connectivity index (χ1) is 7.75. The van der Waals surface area contributed by atoms with E-state index in [-0.39, 0.29) is 5.12 Å². The van der Waals surface area contributed by atoms with Gasteiger partial charge in [-0.3, -0.25) is 4.79 Å². The van der Waals surface area contributed by atoms with Crippen LogP contribution in [-0.2, 0) is 4.79 Å². The molecule has 4 heteroatoms. The van der Waals surface area contributed by atoms with E-state index in [2.05, 4.69) is 16.8 Å². The molecular weight excluding hydrogens is 238 g/mol. The minimum absolute atomic E-state index is 0.0959. The van der Waals surface area contributed by atoms with Crippen LogP contribution in [0.15, 0.2) is 24.3 Å². The lowest BCUT2D eigenvalue weighted by molar-refractivity contribution is -0.109. The average molecular weight is 247 g/mol. The zero-order valence-corrected chi connectivity index (χ0v) is 10.3. The summed E-state index contributed by atoms with van der Waals surface area (Å²) in [6, 6.07) is 7.96. The summed E-state index contributed by atoms with van der Waals surface area (Å²) in [6.07, 6.45) is 0. The van der Waals surface area contributed by atoms with Gasteiger partial charge in [-0.2, -0.15) is 0 Å². The SMILES string of the molecule is CC(=O)SCC#Cc1nc2ccccc2s1. The summed E-state index contributed by atoms with van der Waals surface area (Å²) in [6.45, 7) is 1.55. The maximum absolute atomic E-state index is 10.7.